The highest BCUT2D eigenvalue weighted by molar-refractivity contribution is 6.05. The van der Waals surface area contributed by atoms with Gasteiger partial charge >= 0.3 is 12.3 Å². The van der Waals surface area contributed by atoms with E-state index >= 15 is 0 Å². The van der Waals surface area contributed by atoms with Crippen LogP contribution in [-0.4, -0.2) is 94.1 Å². The lowest BCUT2D eigenvalue weighted by atomic mass is 10.0. The van der Waals surface area contributed by atoms with Gasteiger partial charge in [-0.25, -0.2) is 14.7 Å². The predicted octanol–water partition coefficient (Wildman–Crippen LogP) is 6.80. The predicted molar refractivity (Wildman–Crippen MR) is 213 cm³/mol. The Labute approximate surface area is 331 Å². The smallest absolute Gasteiger partial charge is 0.417 e. The Balaban J connectivity index is 1.18. The molecular formula is C43H48F3N7O4. The standard InChI is InChI=1S/C43H48F3N7O4/c1-7-51-17-19-52(20-18-51)27-31-13-14-32(23-35(31)43(44,45)46)49-39(54)22-29-10-8-9-28(21-29)11-12-30-26-48-38(47-5)25-33(30)37-24-34-36(50(37)6)15-16-53(40(34)55)41(56)57-42(2,3)4/h8-10,13-14,21,23-26H,7,15-20,22,27H2,1-6H3,(H,47,48)(H,49,54). The third kappa shape index (κ3) is 9.84. The first-order chi connectivity index (χ1) is 27.0. The number of rotatable bonds is 8. The first-order valence-electron chi connectivity index (χ1n) is 19.0. The molecule has 1 fully saturated rings. The fourth-order valence-corrected chi connectivity index (χ4v) is 7.10. The van der Waals surface area contributed by atoms with Gasteiger partial charge in [0.05, 0.1) is 28.8 Å². The molecule has 2 aromatic carbocycles. The van der Waals surface area contributed by atoms with E-state index in [9.17, 15) is 27.6 Å². The molecule has 3 amide bonds. The number of anilines is 2. The number of fused-ring (bicyclic) bond motifs is 1. The maximum absolute atomic E-state index is 14.2. The van der Waals surface area contributed by atoms with Crippen LogP contribution < -0.4 is 10.6 Å². The SMILES string of the molecule is CCN1CCN(Cc2ccc(NC(=O)Cc3cccc(C#Cc4cnc(NC)cc4-c4cc5c(n4C)CCN(C(=O)OC(C)(C)C)C5=O)c3)cc2C(F)(F)F)CC1. The highest BCUT2D eigenvalue weighted by Crippen LogP contribution is 2.35. The lowest BCUT2D eigenvalue weighted by molar-refractivity contribution is -0.138. The van der Waals surface area contributed by atoms with Crippen molar-refractivity contribution in [3.05, 3.63) is 99.9 Å². The molecule has 300 valence electrons. The lowest BCUT2D eigenvalue weighted by Gasteiger charge is -2.34. The van der Waals surface area contributed by atoms with E-state index in [-0.39, 0.29) is 30.8 Å². The van der Waals surface area contributed by atoms with Gasteiger partial charge in [-0.3, -0.25) is 14.5 Å². The quantitative estimate of drug-likeness (QED) is 0.188. The second-order valence-electron chi connectivity index (χ2n) is 15.3. The molecule has 57 heavy (non-hydrogen) atoms. The van der Waals surface area contributed by atoms with Gasteiger partial charge in [-0.05, 0) is 74.8 Å². The number of nitrogens with one attached hydrogen (secondary N) is 2. The zero-order valence-corrected chi connectivity index (χ0v) is 33.1. The van der Waals surface area contributed by atoms with Gasteiger partial charge in [0.25, 0.3) is 5.91 Å². The summed E-state index contributed by atoms with van der Waals surface area (Å²) in [6, 6.07) is 14.7. The molecular weight excluding hydrogens is 736 g/mol. The number of alkyl halides is 3. The minimum Gasteiger partial charge on any atom is -0.443 e. The summed E-state index contributed by atoms with van der Waals surface area (Å²) in [5.41, 5.74) is 3.20. The lowest BCUT2D eigenvalue weighted by Crippen LogP contribution is -2.45. The van der Waals surface area contributed by atoms with Gasteiger partial charge in [0.2, 0.25) is 5.91 Å². The number of carbonyl (C=O) groups excluding carboxylic acids is 3. The van der Waals surface area contributed by atoms with Gasteiger partial charge in [0.1, 0.15) is 11.4 Å². The fourth-order valence-electron chi connectivity index (χ4n) is 7.10. The second-order valence-corrected chi connectivity index (χ2v) is 15.3. The van der Waals surface area contributed by atoms with Gasteiger partial charge < -0.3 is 24.8 Å². The van der Waals surface area contributed by atoms with Gasteiger partial charge in [-0.1, -0.05) is 37.0 Å². The molecule has 0 saturated carbocycles. The average molecular weight is 784 g/mol. The molecule has 1 saturated heterocycles. The Morgan fingerprint density at radius 1 is 0.930 bits per heavy atom. The van der Waals surface area contributed by atoms with Crippen molar-refractivity contribution in [3.63, 3.8) is 0 Å². The number of pyridine rings is 1. The highest BCUT2D eigenvalue weighted by atomic mass is 19.4. The van der Waals surface area contributed by atoms with E-state index in [1.54, 1.807) is 64.3 Å². The topological polar surface area (TPSA) is 112 Å². The Morgan fingerprint density at radius 3 is 2.35 bits per heavy atom. The van der Waals surface area contributed by atoms with Crippen molar-refractivity contribution in [2.45, 2.75) is 58.9 Å². The van der Waals surface area contributed by atoms with E-state index in [0.717, 1.165) is 36.3 Å². The minimum atomic E-state index is -4.57. The van der Waals surface area contributed by atoms with Crippen LogP contribution in [0.25, 0.3) is 11.3 Å². The van der Waals surface area contributed by atoms with Crippen molar-refractivity contribution in [1.29, 1.82) is 0 Å². The number of hydrogen-bond donors (Lipinski definition) is 2. The molecule has 0 atom stereocenters. The summed E-state index contributed by atoms with van der Waals surface area (Å²) in [7, 11) is 3.61. The van der Waals surface area contributed by atoms with Crippen LogP contribution in [0, 0.1) is 11.8 Å². The van der Waals surface area contributed by atoms with Crippen molar-refractivity contribution in [3.8, 4) is 23.1 Å². The Hall–Kier alpha value is -5.65. The molecule has 0 radical (unpaired) electrons. The van der Waals surface area contributed by atoms with Crippen LogP contribution in [0.3, 0.4) is 0 Å². The van der Waals surface area contributed by atoms with E-state index in [0.29, 0.717) is 58.8 Å². The molecule has 0 bridgehead atoms. The normalized spacial score (nSPS) is 15.1. The van der Waals surface area contributed by atoms with Crippen LogP contribution in [0.2, 0.25) is 0 Å². The van der Waals surface area contributed by atoms with Gasteiger partial charge in [-0.2, -0.15) is 13.2 Å². The van der Waals surface area contributed by atoms with Crippen molar-refractivity contribution >= 4 is 29.4 Å². The third-order valence-corrected chi connectivity index (χ3v) is 10.1. The molecule has 4 heterocycles. The van der Waals surface area contributed by atoms with Gasteiger partial charge in [0, 0.05) is 88.5 Å². The Morgan fingerprint density at radius 2 is 1.67 bits per heavy atom. The summed E-state index contributed by atoms with van der Waals surface area (Å²) in [5, 5.41) is 5.69. The number of piperazine rings is 1. The number of aromatic nitrogens is 2. The van der Waals surface area contributed by atoms with Crippen molar-refractivity contribution in [2.75, 3.05) is 56.9 Å². The number of nitrogens with zero attached hydrogens (tertiary/aromatic N) is 5. The minimum absolute atomic E-state index is 0.0761. The van der Waals surface area contributed by atoms with Crippen LogP contribution in [0.15, 0.2) is 60.8 Å². The maximum atomic E-state index is 14.2. The third-order valence-electron chi connectivity index (χ3n) is 10.1. The second kappa shape index (κ2) is 16.8. The van der Waals surface area contributed by atoms with Crippen molar-refractivity contribution < 1.29 is 32.3 Å². The van der Waals surface area contributed by atoms with E-state index in [1.165, 1.54) is 12.1 Å². The van der Waals surface area contributed by atoms with Crippen LogP contribution in [0.5, 0.6) is 0 Å². The number of amides is 3. The summed E-state index contributed by atoms with van der Waals surface area (Å²) >= 11 is 0. The summed E-state index contributed by atoms with van der Waals surface area (Å²) in [6.45, 7) is 11.6. The number of imide groups is 1. The van der Waals surface area contributed by atoms with Crippen LogP contribution in [-0.2, 0) is 42.1 Å². The molecule has 4 aromatic rings. The zero-order valence-electron chi connectivity index (χ0n) is 33.1. The van der Waals surface area contributed by atoms with E-state index in [2.05, 4.69) is 39.3 Å². The van der Waals surface area contributed by atoms with Gasteiger partial charge in [0.15, 0.2) is 0 Å². The first kappa shape index (κ1) is 41.0. The number of benzene rings is 2. The number of carbonyl (C=O) groups is 3. The number of halogens is 3. The fraction of sp³-hybridized carbons (Fsp3) is 0.395. The molecule has 2 aromatic heterocycles. The molecule has 0 aliphatic carbocycles. The molecule has 14 heteroatoms. The van der Waals surface area contributed by atoms with Crippen molar-refractivity contribution in [1.82, 2.24) is 24.3 Å². The average Bonchev–Trinajstić information content (AvgIpc) is 3.50. The van der Waals surface area contributed by atoms with E-state index in [1.807, 2.05) is 22.6 Å². The summed E-state index contributed by atoms with van der Waals surface area (Å²) in [5.74, 6) is 6.05. The largest absolute Gasteiger partial charge is 0.443 e. The molecule has 11 nitrogen and oxygen atoms in total. The van der Waals surface area contributed by atoms with Crippen LogP contribution in [0.1, 0.15) is 71.6 Å². The number of hydrogen-bond acceptors (Lipinski definition) is 8. The molecule has 0 spiro atoms. The van der Waals surface area contributed by atoms with Crippen LogP contribution >= 0.6 is 0 Å². The van der Waals surface area contributed by atoms with Crippen molar-refractivity contribution in [2.24, 2.45) is 7.05 Å². The van der Waals surface area contributed by atoms with Crippen LogP contribution in [0.4, 0.5) is 29.5 Å². The molecule has 0 unspecified atom stereocenters. The Bertz CT molecular complexity index is 2220. The molecule has 2 aliphatic rings. The number of ether oxygens (including phenoxy) is 1. The highest BCUT2D eigenvalue weighted by Gasteiger charge is 2.36. The molecule has 2 N–H and O–H groups in total. The van der Waals surface area contributed by atoms with E-state index < -0.39 is 35.2 Å². The maximum Gasteiger partial charge on any atom is 0.417 e. The van der Waals surface area contributed by atoms with E-state index in [4.69, 9.17) is 4.74 Å². The molecule has 6 rings (SSSR count). The zero-order chi connectivity index (χ0) is 41.1. The summed E-state index contributed by atoms with van der Waals surface area (Å²) < 4.78 is 49.9. The Kier molecular flexibility index (Phi) is 12.1. The first-order valence-corrected chi connectivity index (χ1v) is 19.0. The number of likely N-dealkylation sites (N-methyl/N-ethyl adjacent to an activating group) is 1. The summed E-state index contributed by atoms with van der Waals surface area (Å²) in [4.78, 5) is 49.3. The monoisotopic (exact) mass is 783 g/mol. The van der Waals surface area contributed by atoms with Gasteiger partial charge in [-0.15, -0.1) is 0 Å². The molecule has 2 aliphatic heterocycles. The summed E-state index contributed by atoms with van der Waals surface area (Å²) in [6.07, 6.45) is -3.25.